The number of aliphatic hydroxyl groups excluding tert-OH is 1. The van der Waals surface area contributed by atoms with Gasteiger partial charge in [0, 0.05) is 17.3 Å². The van der Waals surface area contributed by atoms with Crippen LogP contribution in [0.2, 0.25) is 0 Å². The van der Waals surface area contributed by atoms with Gasteiger partial charge in [-0.2, -0.15) is 0 Å². The van der Waals surface area contributed by atoms with Gasteiger partial charge in [0.2, 0.25) is 0 Å². The number of hydrogen-bond donors (Lipinski definition) is 2. The van der Waals surface area contributed by atoms with E-state index in [-0.39, 0.29) is 22.7 Å². The number of fused-ring (bicyclic) bond motifs is 2. The Balaban J connectivity index is 1.50. The summed E-state index contributed by atoms with van der Waals surface area (Å²) in [4.78, 5) is 12.9. The van der Waals surface area contributed by atoms with Crippen LogP contribution in [0, 0.1) is 16.2 Å². The van der Waals surface area contributed by atoms with Crippen LogP contribution in [-0.2, 0) is 9.53 Å². The fourth-order valence-corrected chi connectivity index (χ4v) is 7.24. The normalized spacial score (nSPS) is 34.7. The minimum absolute atomic E-state index is 0.0818. The molecule has 5 atom stereocenters. The molecule has 1 saturated carbocycles. The highest BCUT2D eigenvalue weighted by Gasteiger charge is 2.67. The summed E-state index contributed by atoms with van der Waals surface area (Å²) in [5.74, 6) is 0.0818. The summed E-state index contributed by atoms with van der Waals surface area (Å²) in [5, 5.41) is 21.2. The first-order chi connectivity index (χ1) is 20.3. The first-order valence-corrected chi connectivity index (χ1v) is 16.1. The fourth-order valence-electron chi connectivity index (χ4n) is 7.24. The smallest absolute Gasteiger partial charge is 0.162 e. The minimum atomic E-state index is -0.855. The van der Waals surface area contributed by atoms with Gasteiger partial charge in [-0.3, -0.25) is 4.79 Å². The summed E-state index contributed by atoms with van der Waals surface area (Å²) < 4.78 is 6.30. The van der Waals surface area contributed by atoms with Crippen LogP contribution in [0.5, 0.6) is 0 Å². The largest absolute Gasteiger partial charge is 0.393 e. The van der Waals surface area contributed by atoms with E-state index in [9.17, 15) is 15.0 Å². The minimum Gasteiger partial charge on any atom is -0.393 e. The third-order valence-corrected chi connectivity index (χ3v) is 10.3. The molecule has 4 nitrogen and oxygen atoms in total. The molecule has 0 radical (unpaired) electrons. The van der Waals surface area contributed by atoms with Crippen LogP contribution >= 0.6 is 0 Å². The molecule has 0 amide bonds. The number of rotatable bonds is 11. The second-order valence-electron chi connectivity index (χ2n) is 15.1. The molecule has 0 aromatic heterocycles. The van der Waals surface area contributed by atoms with Gasteiger partial charge in [0.25, 0.3) is 0 Å². The molecule has 0 spiro atoms. The Labute approximate surface area is 267 Å². The first kappa shape index (κ1) is 35.7. The van der Waals surface area contributed by atoms with Gasteiger partial charge >= 0.3 is 0 Å². The van der Waals surface area contributed by atoms with E-state index in [4.69, 9.17) is 4.74 Å². The summed E-state index contributed by atoms with van der Waals surface area (Å²) in [7, 11) is 0. The highest BCUT2D eigenvalue weighted by molar-refractivity contribution is 5.95. The Morgan fingerprint density at radius 3 is 1.61 bits per heavy atom. The van der Waals surface area contributed by atoms with Crippen LogP contribution in [0.3, 0.4) is 0 Å². The molecular formula is C40H56O4. The van der Waals surface area contributed by atoms with Crippen LogP contribution in [0.4, 0.5) is 0 Å². The molecule has 4 heteroatoms. The van der Waals surface area contributed by atoms with Gasteiger partial charge in [0.05, 0.1) is 17.8 Å². The van der Waals surface area contributed by atoms with Crippen molar-refractivity contribution in [3.05, 3.63) is 107 Å². The average Bonchev–Trinajstić information content (AvgIpc) is 3.41. The number of carbonyl (C=O) groups is 1. The van der Waals surface area contributed by atoms with E-state index in [0.29, 0.717) is 19.3 Å². The van der Waals surface area contributed by atoms with E-state index in [1.807, 2.05) is 63.3 Å². The number of ketones is 1. The van der Waals surface area contributed by atoms with Crippen molar-refractivity contribution in [3.8, 4) is 0 Å². The Morgan fingerprint density at radius 2 is 1.14 bits per heavy atom. The maximum atomic E-state index is 12.9. The zero-order chi connectivity index (χ0) is 33.0. The summed E-state index contributed by atoms with van der Waals surface area (Å²) in [6.07, 6.45) is 30.7. The average molecular weight is 601 g/mol. The predicted molar refractivity (Wildman–Crippen MR) is 184 cm³/mol. The molecule has 2 saturated heterocycles. The molecule has 3 aliphatic rings. The molecule has 3 fully saturated rings. The van der Waals surface area contributed by atoms with Gasteiger partial charge in [0.1, 0.15) is 5.60 Å². The summed E-state index contributed by atoms with van der Waals surface area (Å²) >= 11 is 0. The monoisotopic (exact) mass is 600 g/mol. The Hall–Kier alpha value is -2.79. The lowest BCUT2D eigenvalue weighted by molar-refractivity contribution is -0.127. The fraction of sp³-hybridized carbons (Fsp3) is 0.525. The third-order valence-electron chi connectivity index (χ3n) is 10.3. The molecule has 2 heterocycles. The van der Waals surface area contributed by atoms with Crippen molar-refractivity contribution in [3.63, 3.8) is 0 Å². The summed E-state index contributed by atoms with van der Waals surface area (Å²) in [6.45, 7) is 20.6. The van der Waals surface area contributed by atoms with E-state index in [1.54, 1.807) is 6.08 Å². The number of aliphatic hydroxyl groups is 2. The van der Waals surface area contributed by atoms with Gasteiger partial charge in [-0.1, -0.05) is 130 Å². The molecule has 44 heavy (non-hydrogen) atoms. The zero-order valence-electron chi connectivity index (χ0n) is 28.8. The van der Waals surface area contributed by atoms with Gasteiger partial charge in [-0.05, 0) is 71.4 Å². The maximum absolute atomic E-state index is 12.9. The van der Waals surface area contributed by atoms with Gasteiger partial charge in [-0.15, -0.1) is 0 Å². The van der Waals surface area contributed by atoms with E-state index >= 15 is 0 Å². The van der Waals surface area contributed by atoms with E-state index < -0.39 is 22.7 Å². The Bertz CT molecular complexity index is 1330. The van der Waals surface area contributed by atoms with E-state index in [2.05, 4.69) is 84.9 Å². The van der Waals surface area contributed by atoms with Crippen LogP contribution in [0.1, 0.15) is 94.9 Å². The molecule has 0 aromatic rings. The third kappa shape index (κ3) is 7.88. The SMILES string of the molecule is CC(C=CC=C(C)C=CC(=O)C1(C)CC(O)CC1(C)C)=CC=CC=C(C)C=CC=C(C)C=CC12OC(CC1(C)C)CC2(C)O. The Morgan fingerprint density at radius 1 is 0.636 bits per heavy atom. The second-order valence-corrected chi connectivity index (χ2v) is 15.1. The zero-order valence-corrected chi connectivity index (χ0v) is 28.8. The molecule has 0 aromatic carbocycles. The molecule has 2 N–H and O–H groups in total. The number of hydrogen-bond acceptors (Lipinski definition) is 4. The molecular weight excluding hydrogens is 544 g/mol. The topological polar surface area (TPSA) is 66.8 Å². The maximum Gasteiger partial charge on any atom is 0.162 e. The predicted octanol–water partition coefficient (Wildman–Crippen LogP) is 9.02. The number of allylic oxidation sites excluding steroid dienone is 17. The molecule has 240 valence electrons. The molecule has 2 bridgehead atoms. The van der Waals surface area contributed by atoms with Crippen molar-refractivity contribution in [1.29, 1.82) is 0 Å². The molecule has 5 unspecified atom stereocenters. The standard InChI is InChI=1S/C40H56O4/c1-29(17-13-19-31(3)21-22-35(42)38(9)26-33(41)25-36(38,5)6)15-11-12-16-30(2)18-14-20-32(4)23-24-40-37(7,8)27-34(44-40)28-39(40,10)43/h11-24,33-34,41,43H,25-28H2,1-10H3. The Kier molecular flexibility index (Phi) is 11.1. The van der Waals surface area contributed by atoms with Crippen LogP contribution in [-0.4, -0.2) is 39.4 Å². The van der Waals surface area contributed by atoms with Crippen molar-refractivity contribution in [2.45, 2.75) is 118 Å². The van der Waals surface area contributed by atoms with Gasteiger partial charge in [0.15, 0.2) is 5.78 Å². The second kappa shape index (κ2) is 13.7. The van der Waals surface area contributed by atoms with Crippen molar-refractivity contribution in [1.82, 2.24) is 0 Å². The number of ether oxygens (including phenoxy) is 1. The van der Waals surface area contributed by atoms with Crippen LogP contribution in [0.15, 0.2) is 107 Å². The lowest BCUT2D eigenvalue weighted by atomic mass is 9.61. The highest BCUT2D eigenvalue weighted by Crippen LogP contribution is 2.60. The highest BCUT2D eigenvalue weighted by atomic mass is 16.5. The number of carbonyl (C=O) groups excluding carboxylic acids is 1. The van der Waals surface area contributed by atoms with Crippen molar-refractivity contribution in [2.24, 2.45) is 16.2 Å². The van der Waals surface area contributed by atoms with Gasteiger partial charge in [-0.25, -0.2) is 0 Å². The molecule has 2 aliphatic heterocycles. The van der Waals surface area contributed by atoms with E-state index in [0.717, 1.165) is 28.7 Å². The summed E-state index contributed by atoms with van der Waals surface area (Å²) in [6, 6.07) is 0. The first-order valence-electron chi connectivity index (χ1n) is 16.1. The van der Waals surface area contributed by atoms with E-state index in [1.165, 1.54) is 0 Å². The lowest BCUT2D eigenvalue weighted by Gasteiger charge is -2.46. The molecule has 3 rings (SSSR count). The van der Waals surface area contributed by atoms with Crippen molar-refractivity contribution in [2.75, 3.05) is 0 Å². The quantitative estimate of drug-likeness (QED) is 0.183. The summed E-state index contributed by atoms with van der Waals surface area (Å²) in [5.41, 5.74) is 2.00. The van der Waals surface area contributed by atoms with Crippen molar-refractivity contribution >= 4 is 5.78 Å². The van der Waals surface area contributed by atoms with Gasteiger partial charge < -0.3 is 14.9 Å². The van der Waals surface area contributed by atoms with Crippen LogP contribution < -0.4 is 0 Å². The van der Waals surface area contributed by atoms with Crippen LogP contribution in [0.25, 0.3) is 0 Å². The lowest BCUT2D eigenvalue weighted by Crippen LogP contribution is -2.56. The van der Waals surface area contributed by atoms with Crippen molar-refractivity contribution < 1.29 is 19.7 Å². The molecule has 1 aliphatic carbocycles.